The quantitative estimate of drug-likeness (QED) is 0.771. The highest BCUT2D eigenvalue weighted by Crippen LogP contribution is 2.35. The Morgan fingerprint density at radius 2 is 1.57 bits per heavy atom. The number of nitrogens with zero attached hydrogens (tertiary/aromatic N) is 3. The van der Waals surface area contributed by atoms with Gasteiger partial charge >= 0.3 is 0 Å². The van der Waals surface area contributed by atoms with Gasteiger partial charge in [-0.3, -0.25) is 4.90 Å². The van der Waals surface area contributed by atoms with Crippen LogP contribution in [0.25, 0.3) is 0 Å². The molecule has 2 heterocycles. The third-order valence-corrected chi connectivity index (χ3v) is 6.95. The third kappa shape index (κ3) is 4.09. The molecule has 0 aromatic rings. The van der Waals surface area contributed by atoms with Crippen LogP contribution < -0.4 is 0 Å². The van der Waals surface area contributed by atoms with Gasteiger partial charge in [0.1, 0.15) is 0 Å². The Bertz CT molecular complexity index is 365. The van der Waals surface area contributed by atoms with Crippen molar-refractivity contribution in [3.63, 3.8) is 0 Å². The predicted octanol–water partition coefficient (Wildman–Crippen LogP) is 2.15. The van der Waals surface area contributed by atoms with Gasteiger partial charge in [0.15, 0.2) is 0 Å². The van der Waals surface area contributed by atoms with E-state index >= 15 is 0 Å². The molecule has 1 aliphatic carbocycles. The summed E-state index contributed by atoms with van der Waals surface area (Å²) in [6, 6.07) is 0. The summed E-state index contributed by atoms with van der Waals surface area (Å²) in [4.78, 5) is 7.93. The van der Waals surface area contributed by atoms with Crippen molar-refractivity contribution in [3.8, 4) is 0 Å². The van der Waals surface area contributed by atoms with E-state index in [0.717, 1.165) is 11.8 Å². The zero-order valence-corrected chi connectivity index (χ0v) is 15.8. The maximum Gasteiger partial charge on any atom is 0.0577 e. The fourth-order valence-electron chi connectivity index (χ4n) is 4.84. The first-order valence-electron chi connectivity index (χ1n) is 9.67. The lowest BCUT2D eigenvalue weighted by Gasteiger charge is -2.50. The summed E-state index contributed by atoms with van der Waals surface area (Å²) in [7, 11) is 4.10. The van der Waals surface area contributed by atoms with Crippen molar-refractivity contribution >= 4 is 0 Å². The van der Waals surface area contributed by atoms with Gasteiger partial charge < -0.3 is 14.5 Å². The van der Waals surface area contributed by atoms with Gasteiger partial charge in [-0.25, -0.2) is 0 Å². The summed E-state index contributed by atoms with van der Waals surface area (Å²) < 4.78 is 5.41. The van der Waals surface area contributed by atoms with Crippen molar-refractivity contribution in [2.24, 2.45) is 11.8 Å². The highest BCUT2D eigenvalue weighted by Gasteiger charge is 2.39. The van der Waals surface area contributed by atoms with Crippen LogP contribution in [0.3, 0.4) is 0 Å². The lowest BCUT2D eigenvalue weighted by Crippen LogP contribution is -2.58. The molecule has 0 aromatic carbocycles. The second-order valence-corrected chi connectivity index (χ2v) is 8.71. The number of piperazine rings is 1. The Hall–Kier alpha value is -0.160. The molecule has 0 unspecified atom stereocenters. The number of methoxy groups -OCH3 is 1. The average molecular weight is 324 g/mol. The molecule has 0 radical (unpaired) electrons. The van der Waals surface area contributed by atoms with Crippen LogP contribution in [0.1, 0.15) is 39.5 Å². The molecule has 4 nitrogen and oxygen atoms in total. The van der Waals surface area contributed by atoms with E-state index in [1.165, 1.54) is 71.5 Å². The summed E-state index contributed by atoms with van der Waals surface area (Å²) in [5.74, 6) is 1.75. The first-order chi connectivity index (χ1) is 11.0. The minimum atomic E-state index is 0.366. The Kier molecular flexibility index (Phi) is 5.67. The minimum absolute atomic E-state index is 0.366. The van der Waals surface area contributed by atoms with Crippen LogP contribution >= 0.6 is 0 Å². The first-order valence-corrected chi connectivity index (χ1v) is 9.67. The molecule has 3 aliphatic rings. The van der Waals surface area contributed by atoms with E-state index in [-0.39, 0.29) is 0 Å². The number of piperidine rings is 1. The zero-order valence-electron chi connectivity index (χ0n) is 15.8. The number of hydrogen-bond donors (Lipinski definition) is 0. The summed E-state index contributed by atoms with van der Waals surface area (Å²) in [6.07, 6.45) is 5.86. The molecular weight excluding hydrogens is 286 g/mol. The van der Waals surface area contributed by atoms with Gasteiger partial charge in [-0.15, -0.1) is 0 Å². The van der Waals surface area contributed by atoms with Crippen molar-refractivity contribution in [3.05, 3.63) is 0 Å². The van der Waals surface area contributed by atoms with E-state index in [9.17, 15) is 0 Å². The number of hydrogen-bond acceptors (Lipinski definition) is 4. The van der Waals surface area contributed by atoms with Crippen LogP contribution in [0, 0.1) is 11.8 Å². The van der Waals surface area contributed by atoms with Crippen molar-refractivity contribution in [1.82, 2.24) is 14.7 Å². The summed E-state index contributed by atoms with van der Waals surface area (Å²) >= 11 is 0. The largest absolute Gasteiger partial charge is 0.381 e. The number of ether oxygens (including phenoxy) is 1. The fourth-order valence-corrected chi connectivity index (χ4v) is 4.84. The van der Waals surface area contributed by atoms with Gasteiger partial charge in [0.05, 0.1) is 6.10 Å². The smallest absolute Gasteiger partial charge is 0.0577 e. The van der Waals surface area contributed by atoms with Crippen LogP contribution in [-0.4, -0.2) is 86.3 Å². The van der Waals surface area contributed by atoms with E-state index in [1.54, 1.807) is 0 Å². The SMILES string of the molecule is CO[C@H]1C[C@H](CN2CCC(C(C)(C)N3CCN(C)CC3)CC2)C1. The molecule has 0 amide bonds. The Morgan fingerprint density at radius 1 is 0.957 bits per heavy atom. The van der Waals surface area contributed by atoms with Gasteiger partial charge in [0, 0.05) is 45.4 Å². The highest BCUT2D eigenvalue weighted by atomic mass is 16.5. The minimum Gasteiger partial charge on any atom is -0.381 e. The van der Waals surface area contributed by atoms with Crippen molar-refractivity contribution in [2.45, 2.75) is 51.2 Å². The van der Waals surface area contributed by atoms with E-state index < -0.39 is 0 Å². The maximum absolute atomic E-state index is 5.41. The molecule has 3 fully saturated rings. The Balaban J connectivity index is 1.43. The van der Waals surface area contributed by atoms with E-state index in [4.69, 9.17) is 4.74 Å². The lowest BCUT2D eigenvalue weighted by molar-refractivity contribution is -0.0262. The van der Waals surface area contributed by atoms with Crippen LogP contribution in [0.4, 0.5) is 0 Å². The molecule has 23 heavy (non-hydrogen) atoms. The molecule has 0 bridgehead atoms. The maximum atomic E-state index is 5.41. The van der Waals surface area contributed by atoms with Gasteiger partial charge in [0.25, 0.3) is 0 Å². The van der Waals surface area contributed by atoms with Gasteiger partial charge in [-0.1, -0.05) is 0 Å². The highest BCUT2D eigenvalue weighted by molar-refractivity contribution is 4.94. The van der Waals surface area contributed by atoms with Crippen molar-refractivity contribution in [1.29, 1.82) is 0 Å². The van der Waals surface area contributed by atoms with Crippen molar-refractivity contribution < 1.29 is 4.74 Å². The van der Waals surface area contributed by atoms with Gasteiger partial charge in [0.2, 0.25) is 0 Å². The van der Waals surface area contributed by atoms with Crippen LogP contribution in [-0.2, 0) is 4.74 Å². The molecule has 2 saturated heterocycles. The summed E-state index contributed by atoms with van der Waals surface area (Å²) in [5, 5.41) is 0. The van der Waals surface area contributed by atoms with Crippen LogP contribution in [0.15, 0.2) is 0 Å². The molecular formula is C19H37N3O. The number of likely N-dealkylation sites (N-methyl/N-ethyl adjacent to an activating group) is 1. The second kappa shape index (κ2) is 7.38. The molecule has 3 rings (SSSR count). The number of likely N-dealkylation sites (tertiary alicyclic amines) is 1. The van der Waals surface area contributed by atoms with E-state index in [0.29, 0.717) is 11.6 Å². The van der Waals surface area contributed by atoms with Gasteiger partial charge in [-0.2, -0.15) is 0 Å². The second-order valence-electron chi connectivity index (χ2n) is 8.71. The topological polar surface area (TPSA) is 19.0 Å². The Labute approximate surface area is 143 Å². The predicted molar refractivity (Wildman–Crippen MR) is 95.8 cm³/mol. The van der Waals surface area contributed by atoms with E-state index in [2.05, 4.69) is 35.6 Å². The third-order valence-electron chi connectivity index (χ3n) is 6.95. The zero-order chi connectivity index (χ0) is 16.4. The first kappa shape index (κ1) is 17.7. The lowest BCUT2D eigenvalue weighted by atomic mass is 9.77. The summed E-state index contributed by atoms with van der Waals surface area (Å²) in [6.45, 7) is 13.8. The molecule has 0 spiro atoms. The normalized spacial score (nSPS) is 32.9. The molecule has 2 aliphatic heterocycles. The monoisotopic (exact) mass is 323 g/mol. The Morgan fingerprint density at radius 3 is 2.13 bits per heavy atom. The van der Waals surface area contributed by atoms with Crippen molar-refractivity contribution in [2.75, 3.05) is 60.0 Å². The van der Waals surface area contributed by atoms with Crippen LogP contribution in [0.2, 0.25) is 0 Å². The average Bonchev–Trinajstić information content (AvgIpc) is 2.51. The molecule has 0 N–H and O–H groups in total. The molecule has 4 heteroatoms. The molecule has 1 saturated carbocycles. The van der Waals surface area contributed by atoms with Gasteiger partial charge in [-0.05, 0) is 71.5 Å². The standard InChI is InChI=1S/C19H37N3O/c1-19(2,22-11-9-20(3)10-12-22)17-5-7-21(8-6-17)15-16-13-18(14-16)23-4/h16-18H,5-15H2,1-4H3/t16-,18-. The summed E-state index contributed by atoms with van der Waals surface area (Å²) in [5.41, 5.74) is 0.366. The van der Waals surface area contributed by atoms with Crippen LogP contribution in [0.5, 0.6) is 0 Å². The molecule has 0 aromatic heterocycles. The van der Waals surface area contributed by atoms with E-state index in [1.807, 2.05) is 7.11 Å². The molecule has 0 atom stereocenters. The number of rotatable bonds is 5. The fraction of sp³-hybridized carbons (Fsp3) is 1.00. The molecule has 134 valence electrons.